The first-order valence-electron chi connectivity index (χ1n) is 8.52. The predicted molar refractivity (Wildman–Crippen MR) is 111 cm³/mol. The summed E-state index contributed by atoms with van der Waals surface area (Å²) in [7, 11) is 0. The number of fused-ring (bicyclic) bond motifs is 1. The van der Waals surface area contributed by atoms with Crippen molar-refractivity contribution in [2.45, 2.75) is 33.0 Å². The molecule has 1 heterocycles. The summed E-state index contributed by atoms with van der Waals surface area (Å²) in [5.41, 5.74) is 3.58. The number of ether oxygens (including phenoxy) is 1. The largest absolute Gasteiger partial charge is 0.479 e. The van der Waals surface area contributed by atoms with Crippen LogP contribution in [0.2, 0.25) is 5.02 Å². The minimum atomic E-state index is -1.13. The number of rotatable bonds is 5. The van der Waals surface area contributed by atoms with Crippen molar-refractivity contribution in [1.82, 2.24) is 4.98 Å². The summed E-state index contributed by atoms with van der Waals surface area (Å²) in [6, 6.07) is 13.2. The average Bonchev–Trinajstić information content (AvgIpc) is 2.60. The molecule has 0 aliphatic heterocycles. The van der Waals surface area contributed by atoms with Gasteiger partial charge in [0, 0.05) is 26.1 Å². The number of carboxylic acids is 1. The lowest BCUT2D eigenvalue weighted by Crippen LogP contribution is -2.21. The minimum Gasteiger partial charge on any atom is -0.479 e. The van der Waals surface area contributed by atoms with Gasteiger partial charge in [-0.2, -0.15) is 0 Å². The van der Waals surface area contributed by atoms with Gasteiger partial charge in [-0.15, -0.1) is 0 Å². The van der Waals surface area contributed by atoms with Crippen molar-refractivity contribution in [3.8, 4) is 11.1 Å². The van der Waals surface area contributed by atoms with Crippen LogP contribution in [0.3, 0.4) is 0 Å². The molecule has 3 aromatic rings. The lowest BCUT2D eigenvalue weighted by atomic mass is 9.91. The average molecular weight is 449 g/mol. The van der Waals surface area contributed by atoms with Crippen molar-refractivity contribution in [1.29, 1.82) is 0 Å². The Labute approximate surface area is 171 Å². The fraction of sp³-hybridized carbons (Fsp3) is 0.238. The number of aromatic nitrogens is 1. The van der Waals surface area contributed by atoms with Crippen LogP contribution < -0.4 is 0 Å². The van der Waals surface area contributed by atoms with Crippen molar-refractivity contribution in [3.05, 3.63) is 63.2 Å². The van der Waals surface area contributed by atoms with Crippen molar-refractivity contribution in [2.24, 2.45) is 0 Å². The fourth-order valence-electron chi connectivity index (χ4n) is 3.14. The summed E-state index contributed by atoms with van der Waals surface area (Å²) in [6.07, 6.45) is -1.38. The predicted octanol–water partition coefficient (Wildman–Crippen LogP) is 6.18. The molecule has 3 rings (SSSR count). The SMILES string of the molecule is Cc1nc2ccc(Cl)cc2c(-c2ccc(Br)cc2)c1C(OC(C)C)C(=O)O. The van der Waals surface area contributed by atoms with E-state index in [4.69, 9.17) is 16.3 Å². The van der Waals surface area contributed by atoms with E-state index in [1.807, 2.05) is 57.2 Å². The summed E-state index contributed by atoms with van der Waals surface area (Å²) < 4.78 is 6.70. The number of nitrogens with zero attached hydrogens (tertiary/aromatic N) is 1. The molecule has 1 unspecified atom stereocenters. The molecule has 140 valence electrons. The molecule has 2 aromatic carbocycles. The second-order valence-corrected chi connectivity index (χ2v) is 7.91. The molecule has 4 nitrogen and oxygen atoms in total. The molecular weight excluding hydrogens is 430 g/mol. The van der Waals surface area contributed by atoms with E-state index in [1.54, 1.807) is 6.07 Å². The number of benzene rings is 2. The zero-order valence-corrected chi connectivity index (χ0v) is 17.5. The van der Waals surface area contributed by atoms with Crippen LogP contribution in [0.5, 0.6) is 0 Å². The molecule has 0 spiro atoms. The first kappa shape index (κ1) is 19.8. The number of hydrogen-bond acceptors (Lipinski definition) is 3. The smallest absolute Gasteiger partial charge is 0.337 e. The highest BCUT2D eigenvalue weighted by atomic mass is 79.9. The lowest BCUT2D eigenvalue weighted by molar-refractivity contribution is -0.153. The molecule has 0 aliphatic rings. The molecule has 6 heteroatoms. The number of aliphatic carboxylic acids is 1. The van der Waals surface area contributed by atoms with Gasteiger partial charge in [0.2, 0.25) is 0 Å². The van der Waals surface area contributed by atoms with Gasteiger partial charge in [0.25, 0.3) is 0 Å². The third-order valence-electron chi connectivity index (χ3n) is 4.20. The maximum Gasteiger partial charge on any atom is 0.337 e. The first-order chi connectivity index (χ1) is 12.8. The van der Waals surface area contributed by atoms with Gasteiger partial charge in [-0.25, -0.2) is 4.79 Å². The Bertz CT molecular complexity index is 1000. The Morgan fingerprint density at radius 1 is 1.19 bits per heavy atom. The Hall–Kier alpha value is -1.95. The number of hydrogen-bond donors (Lipinski definition) is 1. The van der Waals surface area contributed by atoms with Crippen LogP contribution in [0.1, 0.15) is 31.2 Å². The molecule has 1 atom stereocenters. The van der Waals surface area contributed by atoms with E-state index in [9.17, 15) is 9.90 Å². The van der Waals surface area contributed by atoms with Gasteiger partial charge in [-0.3, -0.25) is 4.98 Å². The van der Waals surface area contributed by atoms with Crippen molar-refractivity contribution in [3.63, 3.8) is 0 Å². The Balaban J connectivity index is 2.40. The molecule has 0 amide bonds. The maximum atomic E-state index is 12.0. The third kappa shape index (κ3) is 4.15. The molecule has 0 fully saturated rings. The van der Waals surface area contributed by atoms with Gasteiger partial charge in [-0.1, -0.05) is 39.7 Å². The number of aryl methyl sites for hydroxylation is 1. The van der Waals surface area contributed by atoms with Crippen LogP contribution >= 0.6 is 27.5 Å². The second-order valence-electron chi connectivity index (χ2n) is 6.56. The highest BCUT2D eigenvalue weighted by Gasteiger charge is 2.29. The first-order valence-corrected chi connectivity index (χ1v) is 9.69. The summed E-state index contributed by atoms with van der Waals surface area (Å²) in [5, 5.41) is 11.2. The van der Waals surface area contributed by atoms with E-state index in [1.165, 1.54) is 0 Å². The summed E-state index contributed by atoms with van der Waals surface area (Å²) in [4.78, 5) is 16.7. The van der Waals surface area contributed by atoms with Gasteiger partial charge >= 0.3 is 5.97 Å². The number of halogens is 2. The van der Waals surface area contributed by atoms with Gasteiger partial charge < -0.3 is 9.84 Å². The molecule has 1 aromatic heterocycles. The van der Waals surface area contributed by atoms with Crippen LogP contribution in [0, 0.1) is 6.92 Å². The Kier molecular flexibility index (Phi) is 5.84. The Morgan fingerprint density at radius 3 is 2.44 bits per heavy atom. The molecule has 0 saturated carbocycles. The van der Waals surface area contributed by atoms with Crippen LogP contribution in [0.15, 0.2) is 46.9 Å². The van der Waals surface area contributed by atoms with Crippen LogP contribution in [-0.4, -0.2) is 22.2 Å². The molecule has 1 N–H and O–H groups in total. The van der Waals surface area contributed by atoms with Crippen molar-refractivity contribution in [2.75, 3.05) is 0 Å². The van der Waals surface area contributed by atoms with Crippen LogP contribution in [-0.2, 0) is 9.53 Å². The zero-order chi connectivity index (χ0) is 19.7. The minimum absolute atomic E-state index is 0.252. The summed E-state index contributed by atoms with van der Waals surface area (Å²) >= 11 is 9.68. The molecule has 0 aliphatic carbocycles. The number of pyridine rings is 1. The fourth-order valence-corrected chi connectivity index (χ4v) is 3.58. The van der Waals surface area contributed by atoms with Crippen molar-refractivity contribution < 1.29 is 14.6 Å². The normalized spacial score (nSPS) is 12.5. The van der Waals surface area contributed by atoms with E-state index >= 15 is 0 Å². The van der Waals surface area contributed by atoms with Gasteiger partial charge in [0.15, 0.2) is 6.10 Å². The van der Waals surface area contributed by atoms with Crippen LogP contribution in [0.25, 0.3) is 22.0 Å². The van der Waals surface area contributed by atoms with E-state index in [0.29, 0.717) is 16.3 Å². The number of carboxylic acid groups (broad SMARTS) is 1. The second kappa shape index (κ2) is 7.97. The Morgan fingerprint density at radius 2 is 1.85 bits per heavy atom. The van der Waals surface area contributed by atoms with Crippen LogP contribution in [0.4, 0.5) is 0 Å². The lowest BCUT2D eigenvalue weighted by Gasteiger charge is -2.23. The third-order valence-corrected chi connectivity index (χ3v) is 4.97. The topological polar surface area (TPSA) is 59.4 Å². The summed E-state index contributed by atoms with van der Waals surface area (Å²) in [5.74, 6) is -1.05. The molecule has 0 saturated heterocycles. The van der Waals surface area contributed by atoms with E-state index in [0.717, 1.165) is 26.5 Å². The highest BCUT2D eigenvalue weighted by Crippen LogP contribution is 2.39. The molecule has 0 bridgehead atoms. The van der Waals surface area contributed by atoms with E-state index in [-0.39, 0.29) is 6.10 Å². The zero-order valence-electron chi connectivity index (χ0n) is 15.2. The maximum absolute atomic E-state index is 12.0. The van der Waals surface area contributed by atoms with Gasteiger partial charge in [0.05, 0.1) is 11.6 Å². The quantitative estimate of drug-likeness (QED) is 0.506. The monoisotopic (exact) mass is 447 g/mol. The van der Waals surface area contributed by atoms with E-state index in [2.05, 4.69) is 20.9 Å². The van der Waals surface area contributed by atoms with E-state index < -0.39 is 12.1 Å². The van der Waals surface area contributed by atoms with Crippen molar-refractivity contribution >= 4 is 44.4 Å². The molecule has 27 heavy (non-hydrogen) atoms. The highest BCUT2D eigenvalue weighted by molar-refractivity contribution is 9.10. The molecular formula is C21H19BrClNO3. The van der Waals surface area contributed by atoms with Gasteiger partial charge in [-0.05, 0) is 62.2 Å². The summed E-state index contributed by atoms with van der Waals surface area (Å²) in [6.45, 7) is 5.44. The number of carbonyl (C=O) groups is 1. The standard InChI is InChI=1S/C21H19BrClNO3/c1-11(2)27-20(21(25)26)18-12(3)24-17-9-8-15(23)10-16(17)19(18)13-4-6-14(22)7-5-13/h4-11,20H,1-3H3,(H,25,26). The molecule has 0 radical (unpaired) electrons. The van der Waals surface area contributed by atoms with Gasteiger partial charge in [0.1, 0.15) is 0 Å².